The van der Waals surface area contributed by atoms with Gasteiger partial charge < -0.3 is 9.84 Å². The Kier molecular flexibility index (Phi) is 4.31. The molecule has 0 saturated heterocycles. The van der Waals surface area contributed by atoms with E-state index in [0.29, 0.717) is 18.1 Å². The van der Waals surface area contributed by atoms with E-state index in [1.807, 2.05) is 31.2 Å². The van der Waals surface area contributed by atoms with Gasteiger partial charge in [-0.25, -0.2) is 0 Å². The van der Waals surface area contributed by atoms with Crippen LogP contribution in [-0.2, 0) is 4.79 Å². The Hall–Kier alpha value is -1.69. The first-order valence-electron chi connectivity index (χ1n) is 5.96. The molecule has 0 fully saturated rings. The summed E-state index contributed by atoms with van der Waals surface area (Å²) in [5.41, 5.74) is 0.839. The van der Waals surface area contributed by atoms with Gasteiger partial charge in [0.15, 0.2) is 5.82 Å². The SMILES string of the molecule is CCC(NC(C)=O)c1noc(-c2cccc(Br)c2)n1. The largest absolute Gasteiger partial charge is 0.346 e. The predicted octanol–water partition coefficient (Wildman–Crippen LogP) is 3.09. The zero-order valence-electron chi connectivity index (χ0n) is 10.7. The van der Waals surface area contributed by atoms with E-state index >= 15 is 0 Å². The molecule has 1 N–H and O–H groups in total. The standard InChI is InChI=1S/C13H14BrN3O2/c1-3-11(15-8(2)18)12-16-13(19-17-12)9-5-4-6-10(14)7-9/h4-7,11H,3H2,1-2H3,(H,15,18). The van der Waals surface area contributed by atoms with Gasteiger partial charge in [0.05, 0.1) is 6.04 Å². The highest BCUT2D eigenvalue weighted by Crippen LogP contribution is 2.23. The average Bonchev–Trinajstić information content (AvgIpc) is 2.85. The number of rotatable bonds is 4. The van der Waals surface area contributed by atoms with Crippen molar-refractivity contribution in [2.24, 2.45) is 0 Å². The fourth-order valence-corrected chi connectivity index (χ4v) is 2.11. The Labute approximate surface area is 119 Å². The van der Waals surface area contributed by atoms with Crippen molar-refractivity contribution in [2.45, 2.75) is 26.3 Å². The Balaban J connectivity index is 2.25. The van der Waals surface area contributed by atoms with Gasteiger partial charge >= 0.3 is 0 Å². The van der Waals surface area contributed by atoms with Crippen molar-refractivity contribution in [1.29, 1.82) is 0 Å². The zero-order chi connectivity index (χ0) is 13.8. The Morgan fingerprint density at radius 2 is 2.32 bits per heavy atom. The quantitative estimate of drug-likeness (QED) is 0.938. The lowest BCUT2D eigenvalue weighted by molar-refractivity contribution is -0.119. The number of nitrogens with one attached hydrogen (secondary N) is 1. The number of hydrogen-bond acceptors (Lipinski definition) is 4. The summed E-state index contributed by atoms with van der Waals surface area (Å²) in [7, 11) is 0. The summed E-state index contributed by atoms with van der Waals surface area (Å²) >= 11 is 3.39. The molecule has 0 bridgehead atoms. The molecule has 0 aliphatic heterocycles. The number of nitrogens with zero attached hydrogens (tertiary/aromatic N) is 2. The third-order valence-electron chi connectivity index (χ3n) is 2.61. The maximum Gasteiger partial charge on any atom is 0.258 e. The number of carbonyl (C=O) groups excluding carboxylic acids is 1. The van der Waals surface area contributed by atoms with Gasteiger partial charge in [-0.3, -0.25) is 4.79 Å². The van der Waals surface area contributed by atoms with E-state index < -0.39 is 0 Å². The van der Waals surface area contributed by atoms with Gasteiger partial charge in [0.2, 0.25) is 5.91 Å². The maximum absolute atomic E-state index is 11.1. The van der Waals surface area contributed by atoms with Crippen molar-refractivity contribution in [2.75, 3.05) is 0 Å². The number of hydrogen-bond donors (Lipinski definition) is 1. The third-order valence-corrected chi connectivity index (χ3v) is 3.10. The Morgan fingerprint density at radius 1 is 1.53 bits per heavy atom. The van der Waals surface area contributed by atoms with Gasteiger partial charge in [0.1, 0.15) is 0 Å². The smallest absolute Gasteiger partial charge is 0.258 e. The summed E-state index contributed by atoms with van der Waals surface area (Å²) in [6.07, 6.45) is 0.705. The summed E-state index contributed by atoms with van der Waals surface area (Å²) < 4.78 is 6.18. The number of amides is 1. The van der Waals surface area contributed by atoms with Gasteiger partial charge in [-0.1, -0.05) is 34.1 Å². The van der Waals surface area contributed by atoms with E-state index in [9.17, 15) is 4.79 Å². The Bertz CT molecular complexity index is 583. The Morgan fingerprint density at radius 3 is 2.95 bits per heavy atom. The summed E-state index contributed by atoms with van der Waals surface area (Å²) in [4.78, 5) is 15.4. The highest BCUT2D eigenvalue weighted by molar-refractivity contribution is 9.10. The summed E-state index contributed by atoms with van der Waals surface area (Å²) in [6.45, 7) is 3.42. The molecule has 0 aliphatic carbocycles. The topological polar surface area (TPSA) is 68.0 Å². The van der Waals surface area contributed by atoms with Crippen LogP contribution in [0.3, 0.4) is 0 Å². The third kappa shape index (κ3) is 3.41. The van der Waals surface area contributed by atoms with Crippen LogP contribution in [0.1, 0.15) is 32.1 Å². The van der Waals surface area contributed by atoms with Gasteiger partial charge in [-0.2, -0.15) is 4.98 Å². The van der Waals surface area contributed by atoms with Crippen LogP contribution in [0.25, 0.3) is 11.5 Å². The van der Waals surface area contributed by atoms with Crippen molar-refractivity contribution in [3.8, 4) is 11.5 Å². The monoisotopic (exact) mass is 323 g/mol. The minimum Gasteiger partial charge on any atom is -0.346 e. The van der Waals surface area contributed by atoms with Crippen LogP contribution >= 0.6 is 15.9 Å². The van der Waals surface area contributed by atoms with Crippen molar-refractivity contribution >= 4 is 21.8 Å². The number of aromatic nitrogens is 2. The van der Waals surface area contributed by atoms with E-state index in [0.717, 1.165) is 10.0 Å². The van der Waals surface area contributed by atoms with Crippen LogP contribution in [0.4, 0.5) is 0 Å². The molecule has 1 unspecified atom stereocenters. The first-order chi connectivity index (χ1) is 9.10. The number of carbonyl (C=O) groups is 1. The summed E-state index contributed by atoms with van der Waals surface area (Å²) in [6, 6.07) is 7.39. The highest BCUT2D eigenvalue weighted by atomic mass is 79.9. The lowest BCUT2D eigenvalue weighted by atomic mass is 10.2. The second-order valence-electron chi connectivity index (χ2n) is 4.13. The van der Waals surface area contributed by atoms with Crippen LogP contribution < -0.4 is 5.32 Å². The lowest BCUT2D eigenvalue weighted by Crippen LogP contribution is -2.26. The molecule has 1 aromatic heterocycles. The molecule has 5 nitrogen and oxygen atoms in total. The van der Waals surface area contributed by atoms with Crippen molar-refractivity contribution in [3.05, 3.63) is 34.6 Å². The van der Waals surface area contributed by atoms with Crippen LogP contribution in [0, 0.1) is 0 Å². The van der Waals surface area contributed by atoms with Crippen LogP contribution in [0.5, 0.6) is 0 Å². The fourth-order valence-electron chi connectivity index (χ4n) is 1.71. The molecule has 0 radical (unpaired) electrons. The molecule has 6 heteroatoms. The predicted molar refractivity (Wildman–Crippen MR) is 74.3 cm³/mol. The van der Waals surface area contributed by atoms with E-state index in [4.69, 9.17) is 4.52 Å². The van der Waals surface area contributed by atoms with Crippen molar-refractivity contribution in [1.82, 2.24) is 15.5 Å². The molecule has 1 amide bonds. The van der Waals surface area contributed by atoms with Gasteiger partial charge in [0.25, 0.3) is 5.89 Å². The van der Waals surface area contributed by atoms with Gasteiger partial charge in [-0.05, 0) is 24.6 Å². The lowest BCUT2D eigenvalue weighted by Gasteiger charge is -2.10. The number of benzene rings is 1. The van der Waals surface area contributed by atoms with Crippen LogP contribution in [-0.4, -0.2) is 16.0 Å². The van der Waals surface area contributed by atoms with Crippen molar-refractivity contribution in [3.63, 3.8) is 0 Å². The van der Waals surface area contributed by atoms with E-state index in [1.165, 1.54) is 6.92 Å². The molecule has 0 saturated carbocycles. The van der Waals surface area contributed by atoms with Gasteiger partial charge in [-0.15, -0.1) is 0 Å². The fraction of sp³-hybridized carbons (Fsp3) is 0.308. The van der Waals surface area contributed by atoms with E-state index in [2.05, 4.69) is 31.4 Å². The van der Waals surface area contributed by atoms with E-state index in [-0.39, 0.29) is 11.9 Å². The molecular formula is C13H14BrN3O2. The molecule has 0 spiro atoms. The minimum absolute atomic E-state index is 0.111. The molecule has 2 rings (SSSR count). The number of halogens is 1. The zero-order valence-corrected chi connectivity index (χ0v) is 12.3. The molecule has 1 atom stereocenters. The van der Waals surface area contributed by atoms with Gasteiger partial charge in [0, 0.05) is 17.0 Å². The summed E-state index contributed by atoms with van der Waals surface area (Å²) in [5, 5.41) is 6.72. The first-order valence-corrected chi connectivity index (χ1v) is 6.76. The second-order valence-corrected chi connectivity index (χ2v) is 5.05. The molecule has 1 heterocycles. The van der Waals surface area contributed by atoms with Crippen LogP contribution in [0.2, 0.25) is 0 Å². The first kappa shape index (κ1) is 13.7. The average molecular weight is 324 g/mol. The van der Waals surface area contributed by atoms with Crippen molar-refractivity contribution < 1.29 is 9.32 Å². The molecule has 2 aromatic rings. The van der Waals surface area contributed by atoms with Crippen LogP contribution in [0.15, 0.2) is 33.3 Å². The highest BCUT2D eigenvalue weighted by Gasteiger charge is 2.18. The summed E-state index contributed by atoms with van der Waals surface area (Å²) in [5.74, 6) is 0.827. The molecule has 1 aromatic carbocycles. The maximum atomic E-state index is 11.1. The molecular weight excluding hydrogens is 310 g/mol. The molecule has 0 aliphatic rings. The normalized spacial score (nSPS) is 12.2. The second kappa shape index (κ2) is 5.97. The van der Waals surface area contributed by atoms with E-state index in [1.54, 1.807) is 0 Å². The minimum atomic E-state index is -0.220. The molecule has 100 valence electrons. The molecule has 19 heavy (non-hydrogen) atoms.